The van der Waals surface area contributed by atoms with Gasteiger partial charge in [0.1, 0.15) is 17.2 Å². The molecule has 0 saturated carbocycles. The molecule has 0 bridgehead atoms. The number of benzene rings is 1. The summed E-state index contributed by atoms with van der Waals surface area (Å²) in [6.45, 7) is 8.02. The fourth-order valence-electron chi connectivity index (χ4n) is 3.81. The molecule has 2 N–H and O–H groups in total. The van der Waals surface area contributed by atoms with Crippen LogP contribution >= 0.6 is 0 Å². The average molecular weight is 470 g/mol. The summed E-state index contributed by atoms with van der Waals surface area (Å²) in [4.78, 5) is 35.0. The van der Waals surface area contributed by atoms with Crippen LogP contribution in [0.15, 0.2) is 35.3 Å². The second-order valence-corrected chi connectivity index (χ2v) is 7.54. The summed E-state index contributed by atoms with van der Waals surface area (Å²) in [5.41, 5.74) is -2.18. The molecule has 3 aromatic rings. The van der Waals surface area contributed by atoms with Gasteiger partial charge in [-0.15, -0.1) is 0 Å². The van der Waals surface area contributed by atoms with Gasteiger partial charge in [0.05, 0.1) is 11.1 Å². The molecule has 0 atom stereocenters. The summed E-state index contributed by atoms with van der Waals surface area (Å²) in [6.07, 6.45) is 0.877. The molecule has 34 heavy (non-hydrogen) atoms. The number of pyridine rings is 2. The number of aromatic nitrogens is 2. The predicted molar refractivity (Wildman–Crippen MR) is 117 cm³/mol. The lowest BCUT2D eigenvalue weighted by atomic mass is 10.1. The Morgan fingerprint density at radius 1 is 1.15 bits per heavy atom. The summed E-state index contributed by atoms with van der Waals surface area (Å²) in [6, 6.07) is 3.48. The molecule has 3 heterocycles. The van der Waals surface area contributed by atoms with Crippen LogP contribution in [0.3, 0.4) is 0 Å². The molecule has 0 spiro atoms. The highest BCUT2D eigenvalue weighted by molar-refractivity contribution is 5.92. The minimum atomic E-state index is -1.59. The van der Waals surface area contributed by atoms with Gasteiger partial charge in [-0.1, -0.05) is 0 Å². The van der Waals surface area contributed by atoms with Gasteiger partial charge in [0.2, 0.25) is 5.43 Å². The third kappa shape index (κ3) is 4.03. The van der Waals surface area contributed by atoms with E-state index in [0.29, 0.717) is 19.2 Å². The van der Waals surface area contributed by atoms with Crippen molar-refractivity contribution in [2.45, 2.75) is 0 Å². The lowest BCUT2D eigenvalue weighted by Gasteiger charge is -2.35. The molecule has 9 nitrogen and oxygen atoms in total. The highest BCUT2D eigenvalue weighted by Crippen LogP contribution is 2.25. The zero-order valence-electron chi connectivity index (χ0n) is 17.6. The van der Waals surface area contributed by atoms with Gasteiger partial charge in [0, 0.05) is 38.4 Å². The maximum atomic E-state index is 15.0. The monoisotopic (exact) mass is 470 g/mol. The quantitative estimate of drug-likeness (QED) is 0.345. The number of carboxylic acid groups (broad SMARTS) is 1. The molecule has 0 unspecified atom stereocenters. The number of amidine groups is 1. The standard InChI is InChI=1S/C22H17F3N6O3/c1-27-10-18(26)29-4-6-30(7-5-29)21-16(25)9-13-19(32)14(22(33)34)11-31(20(13)28-21)17-3-2-12(23)8-15(17)24/h2-3,8-9,11,26H,4-7,10H2,(H,33,34). The number of nitrogens with one attached hydrogen (secondary N) is 1. The zero-order chi connectivity index (χ0) is 24.6. The minimum Gasteiger partial charge on any atom is -0.477 e. The van der Waals surface area contributed by atoms with Crippen LogP contribution in [0.1, 0.15) is 10.4 Å². The van der Waals surface area contributed by atoms with Crippen LogP contribution in [-0.2, 0) is 0 Å². The highest BCUT2D eigenvalue weighted by atomic mass is 19.1. The minimum absolute atomic E-state index is 0.0655. The molecule has 0 radical (unpaired) electrons. The van der Waals surface area contributed by atoms with Crippen molar-refractivity contribution in [1.29, 1.82) is 5.41 Å². The molecule has 0 aliphatic carbocycles. The molecule has 2 aromatic heterocycles. The van der Waals surface area contributed by atoms with E-state index < -0.39 is 34.4 Å². The van der Waals surface area contributed by atoms with E-state index in [9.17, 15) is 23.5 Å². The molecule has 1 saturated heterocycles. The van der Waals surface area contributed by atoms with Gasteiger partial charge in [-0.2, -0.15) is 0 Å². The smallest absolute Gasteiger partial charge is 0.341 e. The molecule has 1 aliphatic heterocycles. The fourth-order valence-corrected chi connectivity index (χ4v) is 3.81. The van der Waals surface area contributed by atoms with E-state index in [1.807, 2.05) is 0 Å². The van der Waals surface area contributed by atoms with Crippen molar-refractivity contribution in [2.75, 3.05) is 37.6 Å². The largest absolute Gasteiger partial charge is 0.477 e. The van der Waals surface area contributed by atoms with E-state index in [0.717, 1.165) is 29.0 Å². The van der Waals surface area contributed by atoms with Gasteiger partial charge >= 0.3 is 5.97 Å². The van der Waals surface area contributed by atoms with Crippen LogP contribution in [0.4, 0.5) is 19.0 Å². The Balaban J connectivity index is 1.84. The Bertz CT molecular complexity index is 1420. The van der Waals surface area contributed by atoms with E-state index >= 15 is 4.39 Å². The van der Waals surface area contributed by atoms with Gasteiger partial charge in [0.15, 0.2) is 23.1 Å². The van der Waals surface area contributed by atoms with Crippen molar-refractivity contribution in [2.24, 2.45) is 0 Å². The first kappa shape index (κ1) is 22.8. The number of anilines is 1. The number of fused-ring (bicyclic) bond motifs is 1. The normalized spacial score (nSPS) is 13.7. The summed E-state index contributed by atoms with van der Waals surface area (Å²) < 4.78 is 44.0. The van der Waals surface area contributed by atoms with Crippen molar-refractivity contribution < 1.29 is 23.1 Å². The molecular weight excluding hydrogens is 453 g/mol. The summed E-state index contributed by atoms with van der Waals surface area (Å²) >= 11 is 0. The topological polar surface area (TPSA) is 107 Å². The molecule has 0 amide bonds. The van der Waals surface area contributed by atoms with Crippen LogP contribution in [0.25, 0.3) is 21.6 Å². The predicted octanol–water partition coefficient (Wildman–Crippen LogP) is 2.52. The number of rotatable bonds is 4. The number of hydrogen-bond acceptors (Lipinski definition) is 5. The first-order chi connectivity index (χ1) is 16.2. The summed E-state index contributed by atoms with van der Waals surface area (Å²) in [7, 11) is 0. The van der Waals surface area contributed by atoms with Crippen molar-refractivity contribution in [3.8, 4) is 5.69 Å². The van der Waals surface area contributed by atoms with Gasteiger partial charge in [-0.25, -0.2) is 29.5 Å². The van der Waals surface area contributed by atoms with Crippen molar-refractivity contribution >= 4 is 28.7 Å². The van der Waals surface area contributed by atoms with Crippen molar-refractivity contribution in [3.63, 3.8) is 0 Å². The molecule has 1 aliphatic rings. The molecule has 12 heteroatoms. The number of piperazine rings is 1. The van der Waals surface area contributed by atoms with Crippen molar-refractivity contribution in [3.05, 3.63) is 75.1 Å². The average Bonchev–Trinajstić information content (AvgIpc) is 2.80. The second kappa shape index (κ2) is 8.86. The lowest BCUT2D eigenvalue weighted by Crippen LogP contribution is -2.49. The Morgan fingerprint density at radius 2 is 1.85 bits per heavy atom. The third-order valence-electron chi connectivity index (χ3n) is 5.50. The van der Waals surface area contributed by atoms with Gasteiger partial charge in [-0.3, -0.25) is 14.8 Å². The lowest BCUT2D eigenvalue weighted by molar-refractivity contribution is 0.0695. The summed E-state index contributed by atoms with van der Waals surface area (Å²) in [5.74, 6) is -4.33. The van der Waals surface area contributed by atoms with Crippen molar-refractivity contribution in [1.82, 2.24) is 14.5 Å². The highest BCUT2D eigenvalue weighted by Gasteiger charge is 2.26. The Kier molecular flexibility index (Phi) is 5.93. The summed E-state index contributed by atoms with van der Waals surface area (Å²) in [5, 5.41) is 16.9. The van der Waals surface area contributed by atoms with E-state index in [-0.39, 0.29) is 48.0 Å². The first-order valence-electron chi connectivity index (χ1n) is 10.1. The molecular formula is C22H17F3N6O3. The van der Waals surface area contributed by atoms with Crippen LogP contribution in [0, 0.1) is 29.4 Å². The Hall–Kier alpha value is -4.40. The molecule has 4 rings (SSSR count). The third-order valence-corrected chi connectivity index (χ3v) is 5.50. The maximum Gasteiger partial charge on any atom is 0.341 e. The first-order valence-corrected chi connectivity index (χ1v) is 10.1. The number of nitrogens with zero attached hydrogens (tertiary/aromatic N) is 5. The van der Waals surface area contributed by atoms with Crippen LogP contribution in [-0.4, -0.2) is 64.1 Å². The molecule has 1 aromatic carbocycles. The van der Waals surface area contributed by atoms with E-state index in [4.69, 9.17) is 12.0 Å². The Labute approximate surface area is 190 Å². The second-order valence-electron chi connectivity index (χ2n) is 7.54. The van der Waals surface area contributed by atoms with E-state index in [2.05, 4.69) is 9.83 Å². The van der Waals surface area contributed by atoms with Gasteiger partial charge in [-0.05, 0) is 18.2 Å². The number of aromatic carboxylic acids is 1. The van der Waals surface area contributed by atoms with Gasteiger partial charge in [0.25, 0.3) is 6.54 Å². The van der Waals surface area contributed by atoms with Crippen LogP contribution in [0.5, 0.6) is 0 Å². The van der Waals surface area contributed by atoms with E-state index in [1.165, 1.54) is 0 Å². The van der Waals surface area contributed by atoms with Crippen LogP contribution in [0.2, 0.25) is 0 Å². The fraction of sp³-hybridized carbons (Fsp3) is 0.227. The maximum absolute atomic E-state index is 15.0. The van der Waals surface area contributed by atoms with Crippen LogP contribution < -0.4 is 10.3 Å². The van der Waals surface area contributed by atoms with Gasteiger partial charge < -0.3 is 19.8 Å². The number of carboxylic acids is 1. The number of hydrogen-bond donors (Lipinski definition) is 2. The molecule has 1 fully saturated rings. The zero-order valence-corrected chi connectivity index (χ0v) is 17.6. The SMILES string of the molecule is [C-]#[N+]CC(=N)N1CCN(c2nc3c(cc2F)c(=O)c(C(=O)O)cn3-c2ccc(F)cc2F)CC1. The number of halogens is 3. The Morgan fingerprint density at radius 3 is 2.47 bits per heavy atom. The molecule has 174 valence electrons. The number of carbonyl (C=O) groups is 1. The van der Waals surface area contributed by atoms with E-state index in [1.54, 1.807) is 9.80 Å².